The Morgan fingerprint density at radius 2 is 2.00 bits per heavy atom. The lowest BCUT2D eigenvalue weighted by atomic mass is 10.2. The molecule has 0 amide bonds. The van der Waals surface area contributed by atoms with Crippen molar-refractivity contribution in [1.82, 2.24) is 9.97 Å². The van der Waals surface area contributed by atoms with Gasteiger partial charge in [0.1, 0.15) is 0 Å². The van der Waals surface area contributed by atoms with Gasteiger partial charge >= 0.3 is 0 Å². The number of rotatable bonds is 6. The van der Waals surface area contributed by atoms with E-state index in [1.54, 1.807) is 0 Å². The topological polar surface area (TPSA) is 64.3 Å². The minimum Gasteiger partial charge on any atom is -0.475 e. The van der Waals surface area contributed by atoms with Gasteiger partial charge in [-0.3, -0.25) is 0 Å². The van der Waals surface area contributed by atoms with Gasteiger partial charge in [-0.15, -0.1) is 0 Å². The first-order chi connectivity index (χ1) is 8.43. The lowest BCUT2D eigenvalue weighted by molar-refractivity contribution is 0.232. The van der Waals surface area contributed by atoms with E-state index < -0.39 is 0 Å². The van der Waals surface area contributed by atoms with E-state index in [-0.39, 0.29) is 6.10 Å². The van der Waals surface area contributed by atoms with Crippen molar-refractivity contribution < 1.29 is 4.74 Å². The van der Waals surface area contributed by atoms with Gasteiger partial charge in [-0.2, -0.15) is 4.98 Å². The number of ether oxygens (including phenoxy) is 1. The third-order valence-electron chi connectivity index (χ3n) is 2.74. The molecule has 0 bridgehead atoms. The van der Waals surface area contributed by atoms with Gasteiger partial charge < -0.3 is 15.4 Å². The second-order valence-corrected chi connectivity index (χ2v) is 4.85. The van der Waals surface area contributed by atoms with Crippen molar-refractivity contribution in [1.29, 1.82) is 0 Å². The summed E-state index contributed by atoms with van der Waals surface area (Å²) in [7, 11) is 1.98. The SMILES string of the molecule is Cc1cc(OC(C)C)nc(N(C)C(C)CCN)n1. The maximum Gasteiger partial charge on any atom is 0.228 e. The molecule has 0 saturated carbocycles. The van der Waals surface area contributed by atoms with Crippen LogP contribution in [0.2, 0.25) is 0 Å². The van der Waals surface area contributed by atoms with E-state index >= 15 is 0 Å². The van der Waals surface area contributed by atoms with E-state index in [2.05, 4.69) is 16.9 Å². The maximum atomic E-state index is 5.62. The number of hydrogen-bond acceptors (Lipinski definition) is 5. The summed E-state index contributed by atoms with van der Waals surface area (Å²) >= 11 is 0. The monoisotopic (exact) mass is 252 g/mol. The normalized spacial score (nSPS) is 12.6. The van der Waals surface area contributed by atoms with Gasteiger partial charge in [-0.1, -0.05) is 0 Å². The zero-order valence-electron chi connectivity index (χ0n) is 12.0. The van der Waals surface area contributed by atoms with E-state index in [9.17, 15) is 0 Å². The fourth-order valence-electron chi connectivity index (χ4n) is 1.62. The molecule has 0 aliphatic heterocycles. The van der Waals surface area contributed by atoms with Crippen molar-refractivity contribution >= 4 is 5.95 Å². The van der Waals surface area contributed by atoms with Crippen molar-refractivity contribution in [3.05, 3.63) is 11.8 Å². The van der Waals surface area contributed by atoms with Crippen molar-refractivity contribution in [3.8, 4) is 5.88 Å². The largest absolute Gasteiger partial charge is 0.475 e. The number of anilines is 1. The van der Waals surface area contributed by atoms with E-state index in [1.165, 1.54) is 0 Å². The third kappa shape index (κ3) is 4.14. The van der Waals surface area contributed by atoms with Gasteiger partial charge in [-0.25, -0.2) is 4.98 Å². The molecule has 0 aromatic carbocycles. The summed E-state index contributed by atoms with van der Waals surface area (Å²) in [6.45, 7) is 8.68. The molecular formula is C13H24N4O. The van der Waals surface area contributed by atoms with Crippen LogP contribution < -0.4 is 15.4 Å². The summed E-state index contributed by atoms with van der Waals surface area (Å²) in [6.07, 6.45) is 1.02. The zero-order valence-corrected chi connectivity index (χ0v) is 12.0. The van der Waals surface area contributed by atoms with Crippen molar-refractivity contribution in [2.24, 2.45) is 5.73 Å². The number of hydrogen-bond donors (Lipinski definition) is 1. The van der Waals surface area contributed by atoms with E-state index in [1.807, 2.05) is 38.8 Å². The molecule has 5 nitrogen and oxygen atoms in total. The fraction of sp³-hybridized carbons (Fsp3) is 0.692. The Kier molecular flexibility index (Phi) is 5.34. The maximum absolute atomic E-state index is 5.62. The molecule has 2 N–H and O–H groups in total. The van der Waals surface area contributed by atoms with Crippen LogP contribution in [0.25, 0.3) is 0 Å². The Hall–Kier alpha value is -1.36. The smallest absolute Gasteiger partial charge is 0.228 e. The molecule has 0 fully saturated rings. The van der Waals surface area contributed by atoms with E-state index in [0.717, 1.165) is 12.1 Å². The van der Waals surface area contributed by atoms with Gasteiger partial charge in [0, 0.05) is 24.8 Å². The predicted octanol–water partition coefficient (Wildman–Crippen LogP) is 1.75. The lowest BCUT2D eigenvalue weighted by Gasteiger charge is -2.25. The first kappa shape index (κ1) is 14.7. The van der Waals surface area contributed by atoms with Crippen molar-refractivity contribution in [2.45, 2.75) is 46.3 Å². The van der Waals surface area contributed by atoms with Crippen LogP contribution in [0.15, 0.2) is 6.07 Å². The van der Waals surface area contributed by atoms with Crippen LogP contribution >= 0.6 is 0 Å². The summed E-state index contributed by atoms with van der Waals surface area (Å²) in [5.41, 5.74) is 6.48. The second kappa shape index (κ2) is 6.54. The van der Waals surface area contributed by atoms with Gasteiger partial charge in [0.05, 0.1) is 6.10 Å². The van der Waals surface area contributed by atoms with Crippen LogP contribution in [0.4, 0.5) is 5.95 Å². The Labute approximate surface area is 109 Å². The predicted molar refractivity (Wildman–Crippen MR) is 74.1 cm³/mol. The Morgan fingerprint density at radius 3 is 2.56 bits per heavy atom. The minimum atomic E-state index is 0.110. The molecule has 18 heavy (non-hydrogen) atoms. The Balaban J connectivity index is 2.91. The zero-order chi connectivity index (χ0) is 13.7. The first-order valence-electron chi connectivity index (χ1n) is 6.39. The first-order valence-corrected chi connectivity index (χ1v) is 6.39. The molecule has 0 saturated heterocycles. The standard InChI is InChI=1S/C13H24N4O/c1-9(2)18-12-8-10(3)15-13(16-12)17(5)11(4)6-7-14/h8-9,11H,6-7,14H2,1-5H3. The van der Waals surface area contributed by atoms with Crippen LogP contribution in [-0.2, 0) is 0 Å². The lowest BCUT2D eigenvalue weighted by Crippen LogP contribution is -2.32. The third-order valence-corrected chi connectivity index (χ3v) is 2.74. The summed E-state index contributed by atoms with van der Waals surface area (Å²) in [4.78, 5) is 10.9. The van der Waals surface area contributed by atoms with Gasteiger partial charge in [-0.05, 0) is 40.7 Å². The van der Waals surface area contributed by atoms with Crippen LogP contribution in [0.5, 0.6) is 5.88 Å². The molecule has 5 heteroatoms. The fourth-order valence-corrected chi connectivity index (χ4v) is 1.62. The van der Waals surface area contributed by atoms with Crippen LogP contribution in [-0.4, -0.2) is 35.7 Å². The number of nitrogens with zero attached hydrogens (tertiary/aromatic N) is 3. The highest BCUT2D eigenvalue weighted by atomic mass is 16.5. The molecule has 0 radical (unpaired) electrons. The van der Waals surface area contributed by atoms with Crippen LogP contribution in [0.3, 0.4) is 0 Å². The molecular weight excluding hydrogens is 228 g/mol. The van der Waals surface area contributed by atoms with Crippen molar-refractivity contribution in [3.63, 3.8) is 0 Å². The quantitative estimate of drug-likeness (QED) is 0.835. The van der Waals surface area contributed by atoms with E-state index in [0.29, 0.717) is 24.4 Å². The van der Waals surface area contributed by atoms with Crippen molar-refractivity contribution in [2.75, 3.05) is 18.5 Å². The Morgan fingerprint density at radius 1 is 1.33 bits per heavy atom. The molecule has 1 heterocycles. The highest BCUT2D eigenvalue weighted by Crippen LogP contribution is 2.17. The number of aryl methyl sites for hydroxylation is 1. The number of aromatic nitrogens is 2. The molecule has 1 atom stereocenters. The summed E-state index contributed by atoms with van der Waals surface area (Å²) in [5, 5.41) is 0. The Bertz CT molecular complexity index is 381. The average molecular weight is 252 g/mol. The highest BCUT2D eigenvalue weighted by molar-refractivity contribution is 5.34. The summed E-state index contributed by atoms with van der Waals surface area (Å²) in [6, 6.07) is 2.16. The molecule has 1 unspecified atom stereocenters. The molecule has 0 spiro atoms. The summed E-state index contributed by atoms with van der Waals surface area (Å²) < 4.78 is 5.62. The summed E-state index contributed by atoms with van der Waals surface area (Å²) in [5.74, 6) is 1.31. The number of nitrogens with two attached hydrogens (primary N) is 1. The van der Waals surface area contributed by atoms with E-state index in [4.69, 9.17) is 10.5 Å². The second-order valence-electron chi connectivity index (χ2n) is 4.85. The molecule has 102 valence electrons. The van der Waals surface area contributed by atoms with Gasteiger partial charge in [0.25, 0.3) is 0 Å². The van der Waals surface area contributed by atoms with Gasteiger partial charge in [0.15, 0.2) is 0 Å². The van der Waals surface area contributed by atoms with Crippen LogP contribution in [0, 0.1) is 6.92 Å². The molecule has 1 aromatic rings. The molecule has 1 aromatic heterocycles. The average Bonchev–Trinajstić information content (AvgIpc) is 2.26. The highest BCUT2D eigenvalue weighted by Gasteiger charge is 2.14. The van der Waals surface area contributed by atoms with Crippen LogP contribution in [0.1, 0.15) is 32.9 Å². The molecule has 0 aliphatic carbocycles. The van der Waals surface area contributed by atoms with Gasteiger partial charge in [0.2, 0.25) is 11.8 Å². The molecule has 0 aliphatic rings. The minimum absolute atomic E-state index is 0.110. The molecule has 1 rings (SSSR count).